The van der Waals surface area contributed by atoms with E-state index in [1.807, 2.05) is 66.7 Å². The van der Waals surface area contributed by atoms with E-state index in [2.05, 4.69) is 32.7 Å². The van der Waals surface area contributed by atoms with Gasteiger partial charge in [-0.15, -0.1) is 0 Å². The molecule has 0 N–H and O–H groups in total. The first-order valence-corrected chi connectivity index (χ1v) is 11.6. The highest BCUT2D eigenvalue weighted by Crippen LogP contribution is 2.19. The fourth-order valence-electron chi connectivity index (χ4n) is 4.47. The molecule has 1 atom stereocenters. The molecule has 2 aromatic carbocycles. The van der Waals surface area contributed by atoms with E-state index in [0.29, 0.717) is 39.3 Å². The molecule has 1 aliphatic rings. The highest BCUT2D eigenvalue weighted by molar-refractivity contribution is 5.79. The van der Waals surface area contributed by atoms with Gasteiger partial charge in [0.2, 0.25) is 5.91 Å². The Morgan fingerprint density at radius 3 is 2.53 bits per heavy atom. The molecule has 1 aliphatic heterocycles. The van der Waals surface area contributed by atoms with Gasteiger partial charge >= 0.3 is 0 Å². The lowest BCUT2D eigenvalue weighted by atomic mass is 10.2. The van der Waals surface area contributed by atoms with Gasteiger partial charge in [0.25, 0.3) is 0 Å². The van der Waals surface area contributed by atoms with Crippen molar-refractivity contribution in [2.75, 3.05) is 19.6 Å². The number of imidazole rings is 1. The maximum Gasteiger partial charge on any atom is 0.237 e. The number of nitrogens with zero attached hydrogens (tertiary/aromatic N) is 5. The van der Waals surface area contributed by atoms with Crippen molar-refractivity contribution in [3.8, 4) is 0 Å². The number of hydrogen-bond donors (Lipinski definition) is 0. The number of hydrogen-bond acceptors (Lipinski definition) is 5. The fourth-order valence-corrected chi connectivity index (χ4v) is 4.47. The Labute approximate surface area is 199 Å². The molecule has 1 unspecified atom stereocenters. The molecule has 3 heterocycles. The van der Waals surface area contributed by atoms with Crippen LogP contribution in [-0.2, 0) is 36.3 Å². The highest BCUT2D eigenvalue weighted by Gasteiger charge is 2.29. The van der Waals surface area contributed by atoms with Crippen LogP contribution in [0.3, 0.4) is 0 Å². The summed E-state index contributed by atoms with van der Waals surface area (Å²) >= 11 is 0. The lowest BCUT2D eigenvalue weighted by Crippen LogP contribution is -2.37. The topological polar surface area (TPSA) is 63.5 Å². The number of aromatic nitrogens is 3. The van der Waals surface area contributed by atoms with Gasteiger partial charge in [-0.2, -0.15) is 0 Å². The minimum Gasteiger partial charge on any atom is -0.370 e. The number of rotatable bonds is 7. The summed E-state index contributed by atoms with van der Waals surface area (Å²) in [6.07, 6.45) is 3.46. The molecule has 34 heavy (non-hydrogen) atoms. The third-order valence-corrected chi connectivity index (χ3v) is 6.27. The van der Waals surface area contributed by atoms with Gasteiger partial charge < -0.3 is 14.2 Å². The number of benzene rings is 2. The third kappa shape index (κ3) is 5.16. The number of amides is 1. The predicted octanol–water partition coefficient (Wildman–Crippen LogP) is 3.40. The molecular formula is C27H29N5O2. The molecule has 0 aliphatic carbocycles. The van der Waals surface area contributed by atoms with Gasteiger partial charge in [0, 0.05) is 39.1 Å². The van der Waals surface area contributed by atoms with Crippen LogP contribution in [0.25, 0.3) is 11.0 Å². The summed E-state index contributed by atoms with van der Waals surface area (Å²) < 4.78 is 8.43. The normalized spacial score (nSPS) is 17.3. The summed E-state index contributed by atoms with van der Waals surface area (Å²) in [5.74, 6) is 1.05. The van der Waals surface area contributed by atoms with Crippen molar-refractivity contribution in [3.63, 3.8) is 0 Å². The summed E-state index contributed by atoms with van der Waals surface area (Å²) in [7, 11) is 2.03. The average Bonchev–Trinajstić information content (AvgIpc) is 3.09. The minimum absolute atomic E-state index is 0.107. The van der Waals surface area contributed by atoms with Gasteiger partial charge in [-0.1, -0.05) is 48.5 Å². The molecule has 0 bridgehead atoms. The number of aryl methyl sites for hydroxylation is 1. The summed E-state index contributed by atoms with van der Waals surface area (Å²) in [5.41, 5.74) is 4.20. The molecule has 1 fully saturated rings. The minimum atomic E-state index is -0.120. The van der Waals surface area contributed by atoms with Crippen LogP contribution in [0.4, 0.5) is 0 Å². The summed E-state index contributed by atoms with van der Waals surface area (Å²) in [5, 5.41) is 0. The number of carbonyl (C=O) groups is 1. The molecule has 5 rings (SSSR count). The van der Waals surface area contributed by atoms with Crippen LogP contribution in [0, 0.1) is 0 Å². The number of fused-ring (bicyclic) bond motifs is 1. The zero-order valence-electron chi connectivity index (χ0n) is 19.4. The van der Waals surface area contributed by atoms with E-state index in [1.165, 1.54) is 0 Å². The molecule has 2 aromatic heterocycles. The molecule has 0 saturated carbocycles. The van der Waals surface area contributed by atoms with Crippen LogP contribution in [0.2, 0.25) is 0 Å². The van der Waals surface area contributed by atoms with Crippen molar-refractivity contribution >= 4 is 16.9 Å². The number of pyridine rings is 1. The van der Waals surface area contributed by atoms with Crippen LogP contribution in [0.15, 0.2) is 79.1 Å². The first-order valence-electron chi connectivity index (χ1n) is 11.6. The van der Waals surface area contributed by atoms with Gasteiger partial charge in [-0.05, 0) is 29.3 Å². The van der Waals surface area contributed by atoms with Crippen LogP contribution in [0.1, 0.15) is 17.0 Å². The van der Waals surface area contributed by atoms with Crippen molar-refractivity contribution in [1.29, 1.82) is 0 Å². The lowest BCUT2D eigenvalue weighted by molar-refractivity contribution is -0.132. The molecule has 174 valence electrons. The van der Waals surface area contributed by atoms with Crippen LogP contribution >= 0.6 is 0 Å². The van der Waals surface area contributed by atoms with E-state index in [1.54, 1.807) is 6.20 Å². The standard InChI is InChI=1S/C27H29N5O2/c1-30-25-12-6-5-11-24(25)29-26(30)18-31-16-23(34-20-22-10-7-13-28-14-22)17-32(27(33)19-31)15-21-8-3-2-4-9-21/h2-14,23H,15-20H2,1H3. The van der Waals surface area contributed by atoms with E-state index in [4.69, 9.17) is 9.72 Å². The van der Waals surface area contributed by atoms with Gasteiger partial charge in [-0.3, -0.25) is 14.7 Å². The van der Waals surface area contributed by atoms with E-state index in [-0.39, 0.29) is 12.0 Å². The fraction of sp³-hybridized carbons (Fsp3) is 0.296. The SMILES string of the molecule is Cn1c(CN2CC(=O)N(Cc3ccccc3)CC(OCc3cccnc3)C2)nc2ccccc21. The van der Waals surface area contributed by atoms with E-state index in [9.17, 15) is 4.79 Å². The Kier molecular flexibility index (Phi) is 6.65. The van der Waals surface area contributed by atoms with Crippen molar-refractivity contribution in [2.24, 2.45) is 7.05 Å². The second-order valence-corrected chi connectivity index (χ2v) is 8.80. The Balaban J connectivity index is 1.35. The van der Waals surface area contributed by atoms with E-state index in [0.717, 1.165) is 28.0 Å². The maximum absolute atomic E-state index is 13.3. The monoisotopic (exact) mass is 455 g/mol. The second kappa shape index (κ2) is 10.2. The quantitative estimate of drug-likeness (QED) is 0.427. The average molecular weight is 456 g/mol. The molecule has 0 radical (unpaired) electrons. The molecule has 4 aromatic rings. The van der Waals surface area contributed by atoms with Crippen molar-refractivity contribution in [3.05, 3.63) is 96.1 Å². The van der Waals surface area contributed by atoms with Gasteiger partial charge in [-0.25, -0.2) is 4.98 Å². The van der Waals surface area contributed by atoms with E-state index >= 15 is 0 Å². The van der Waals surface area contributed by atoms with E-state index < -0.39 is 0 Å². The first kappa shape index (κ1) is 22.3. The summed E-state index contributed by atoms with van der Waals surface area (Å²) in [4.78, 5) is 26.4. The van der Waals surface area contributed by atoms with Crippen molar-refractivity contribution in [2.45, 2.75) is 25.8 Å². The van der Waals surface area contributed by atoms with Gasteiger partial charge in [0.1, 0.15) is 5.82 Å². The Hall–Kier alpha value is -3.55. The summed E-state index contributed by atoms with van der Waals surface area (Å²) in [6, 6.07) is 22.1. The smallest absolute Gasteiger partial charge is 0.237 e. The lowest BCUT2D eigenvalue weighted by Gasteiger charge is -2.25. The molecule has 0 spiro atoms. The maximum atomic E-state index is 13.3. The van der Waals surface area contributed by atoms with Crippen molar-refractivity contribution in [1.82, 2.24) is 24.3 Å². The predicted molar refractivity (Wildman–Crippen MR) is 131 cm³/mol. The highest BCUT2D eigenvalue weighted by atomic mass is 16.5. The third-order valence-electron chi connectivity index (χ3n) is 6.27. The molecular weight excluding hydrogens is 426 g/mol. The second-order valence-electron chi connectivity index (χ2n) is 8.80. The number of carbonyl (C=O) groups excluding carboxylic acids is 1. The first-order chi connectivity index (χ1) is 16.7. The van der Waals surface area contributed by atoms with Crippen LogP contribution < -0.4 is 0 Å². The molecule has 1 saturated heterocycles. The Morgan fingerprint density at radius 1 is 0.941 bits per heavy atom. The molecule has 1 amide bonds. The Morgan fingerprint density at radius 2 is 1.74 bits per heavy atom. The molecule has 7 nitrogen and oxygen atoms in total. The number of ether oxygens (including phenoxy) is 1. The van der Waals surface area contributed by atoms with Gasteiger partial charge in [0.15, 0.2) is 0 Å². The zero-order chi connectivity index (χ0) is 23.3. The Bertz CT molecular complexity index is 1240. The van der Waals surface area contributed by atoms with Crippen LogP contribution in [-0.4, -0.2) is 56.0 Å². The van der Waals surface area contributed by atoms with Gasteiger partial charge in [0.05, 0.1) is 36.8 Å². The summed E-state index contributed by atoms with van der Waals surface area (Å²) in [6.45, 7) is 3.16. The molecule has 7 heteroatoms. The largest absolute Gasteiger partial charge is 0.370 e. The van der Waals surface area contributed by atoms with Crippen molar-refractivity contribution < 1.29 is 9.53 Å². The number of para-hydroxylation sites is 2. The van der Waals surface area contributed by atoms with Crippen LogP contribution in [0.5, 0.6) is 0 Å². The zero-order valence-corrected chi connectivity index (χ0v) is 19.4.